The number of carbonyl (C=O) groups is 4. The molecule has 0 unspecified atom stereocenters. The standard InChI is InChI=1S/C78H108N2O8/c1-57(31-21-33-61(5)41-43-69-65(9)39-25-47-77(69,13)14)27-17-19-29-59(3)35-23-37-67(11)75(83)85-55-71(87-73(81)45-49-79-51-63(7)52-79)72(88-74(82)46-50-80-53-64(8)54-80)56-86-76(84)68(12)38-24-36-60(4)30-20-18-28-58(2)32-22-34-62(6)42-44-70-66(10)40-26-48-78(70,15)16/h17-24,27-38,41-44,63-64,71-72H,25-26,39-40,45-56H2,1-16H3/b19-17+,20-18+,31-21+,32-22+,35-23+,36-24+,43-41+,44-42+,57-27+,58-28+,59-29+,60-30+,61-33+,62-34+,67-37-,68-38-/t71-,72+. The smallest absolute Gasteiger partial charge is 0.333 e. The van der Waals surface area contributed by atoms with Crippen LogP contribution in [0.25, 0.3) is 0 Å². The van der Waals surface area contributed by atoms with E-state index < -0.39 is 49.3 Å². The molecule has 0 radical (unpaired) electrons. The molecule has 10 heteroatoms. The van der Waals surface area contributed by atoms with Gasteiger partial charge in [-0.1, -0.05) is 232 Å². The van der Waals surface area contributed by atoms with Gasteiger partial charge in [-0.2, -0.15) is 0 Å². The van der Waals surface area contributed by atoms with E-state index in [0.717, 1.165) is 48.5 Å². The summed E-state index contributed by atoms with van der Waals surface area (Å²) in [5, 5.41) is 0. The molecule has 10 nitrogen and oxygen atoms in total. The molecule has 88 heavy (non-hydrogen) atoms. The van der Waals surface area contributed by atoms with Gasteiger partial charge in [0.05, 0.1) is 12.8 Å². The lowest BCUT2D eigenvalue weighted by atomic mass is 9.72. The van der Waals surface area contributed by atoms with Crippen LogP contribution >= 0.6 is 0 Å². The lowest BCUT2D eigenvalue weighted by Crippen LogP contribution is -2.47. The van der Waals surface area contributed by atoms with Gasteiger partial charge in [0, 0.05) is 50.4 Å². The molecule has 0 aromatic rings. The van der Waals surface area contributed by atoms with Crippen molar-refractivity contribution in [2.24, 2.45) is 22.7 Å². The minimum atomic E-state index is -1.26. The van der Waals surface area contributed by atoms with Gasteiger partial charge >= 0.3 is 23.9 Å². The van der Waals surface area contributed by atoms with Crippen LogP contribution in [0.4, 0.5) is 0 Å². The summed E-state index contributed by atoms with van der Waals surface area (Å²) in [4.78, 5) is 58.2. The van der Waals surface area contributed by atoms with Gasteiger partial charge in [-0.3, -0.25) is 9.59 Å². The van der Waals surface area contributed by atoms with E-state index in [1.54, 1.807) is 38.2 Å². The Labute approximate surface area is 531 Å². The average molecular weight is 1200 g/mol. The number of carbonyl (C=O) groups excluding carboxylic acids is 4. The van der Waals surface area contributed by atoms with E-state index in [0.29, 0.717) is 36.1 Å². The number of hydrogen-bond acceptors (Lipinski definition) is 10. The largest absolute Gasteiger partial charge is 0.458 e. The third kappa shape index (κ3) is 28.1. The maximum absolute atomic E-state index is 13.5. The lowest BCUT2D eigenvalue weighted by molar-refractivity contribution is -0.181. The van der Waals surface area contributed by atoms with Crippen molar-refractivity contribution in [2.45, 2.75) is 174 Å². The van der Waals surface area contributed by atoms with E-state index in [1.165, 1.54) is 72.0 Å². The van der Waals surface area contributed by atoms with Crippen LogP contribution in [0, 0.1) is 22.7 Å². The van der Waals surface area contributed by atoms with Crippen LogP contribution in [0.1, 0.15) is 162 Å². The second kappa shape index (κ2) is 37.8. The van der Waals surface area contributed by atoms with Gasteiger partial charge in [-0.05, 0) is 142 Å². The van der Waals surface area contributed by atoms with Gasteiger partial charge in [-0.25, -0.2) is 9.59 Å². The molecule has 0 amide bonds. The Hall–Kier alpha value is -6.88. The predicted molar refractivity (Wildman–Crippen MR) is 366 cm³/mol. The fraction of sp³-hybridized carbons (Fsp3) is 0.487. The normalized spacial score (nSPS) is 20.5. The van der Waals surface area contributed by atoms with Crippen molar-refractivity contribution in [2.75, 3.05) is 52.5 Å². The Bertz CT molecular complexity index is 2780. The van der Waals surface area contributed by atoms with Crippen molar-refractivity contribution in [3.8, 4) is 0 Å². The van der Waals surface area contributed by atoms with Crippen molar-refractivity contribution >= 4 is 23.9 Å². The second-order valence-electron chi connectivity index (χ2n) is 26.4. The summed E-state index contributed by atoms with van der Waals surface area (Å²) in [5.74, 6) is -1.30. The third-order valence-corrected chi connectivity index (χ3v) is 16.5. The minimum absolute atomic E-state index is 0.0788. The Morgan fingerprint density at radius 1 is 0.455 bits per heavy atom. The van der Waals surface area contributed by atoms with Gasteiger partial charge in [0.15, 0.2) is 12.2 Å². The maximum Gasteiger partial charge on any atom is 0.333 e. The van der Waals surface area contributed by atoms with Gasteiger partial charge in [-0.15, -0.1) is 0 Å². The average Bonchev–Trinajstić information content (AvgIpc) is 3.23. The zero-order valence-corrected chi connectivity index (χ0v) is 56.6. The first kappa shape index (κ1) is 73.6. The molecule has 4 rings (SSSR count). The first-order valence-corrected chi connectivity index (χ1v) is 32.1. The molecule has 2 aliphatic heterocycles. The lowest BCUT2D eigenvalue weighted by Gasteiger charge is -2.37. The molecule has 0 N–H and O–H groups in total. The van der Waals surface area contributed by atoms with Crippen molar-refractivity contribution in [3.05, 3.63) is 213 Å². The molecule has 4 aliphatic rings. The van der Waals surface area contributed by atoms with Crippen molar-refractivity contribution in [1.29, 1.82) is 0 Å². The molecular weight excluding hydrogens is 1090 g/mol. The summed E-state index contributed by atoms with van der Waals surface area (Å²) < 4.78 is 23.4. The zero-order chi connectivity index (χ0) is 64.8. The Morgan fingerprint density at radius 2 is 0.750 bits per heavy atom. The third-order valence-electron chi connectivity index (χ3n) is 16.5. The summed E-state index contributed by atoms with van der Waals surface area (Å²) in [5.41, 5.74) is 13.5. The first-order valence-electron chi connectivity index (χ1n) is 32.1. The van der Waals surface area contributed by atoms with Crippen molar-refractivity contribution < 1.29 is 38.1 Å². The van der Waals surface area contributed by atoms with E-state index in [2.05, 4.69) is 166 Å². The van der Waals surface area contributed by atoms with E-state index in [-0.39, 0.29) is 23.7 Å². The summed E-state index contributed by atoms with van der Waals surface area (Å²) >= 11 is 0. The number of likely N-dealkylation sites (tertiary alicyclic amines) is 2. The number of allylic oxidation sites excluding steroid dienone is 34. The van der Waals surface area contributed by atoms with Gasteiger partial charge in [0.1, 0.15) is 13.2 Å². The molecule has 2 fully saturated rings. The summed E-state index contributed by atoms with van der Waals surface area (Å²) in [6, 6.07) is 0. The number of ether oxygens (including phenoxy) is 4. The molecule has 2 atom stereocenters. The molecule has 0 saturated carbocycles. The van der Waals surface area contributed by atoms with Crippen LogP contribution in [0.3, 0.4) is 0 Å². The fourth-order valence-electron chi connectivity index (χ4n) is 11.1. The van der Waals surface area contributed by atoms with Gasteiger partial charge in [0.25, 0.3) is 0 Å². The van der Waals surface area contributed by atoms with Crippen LogP contribution in [0.2, 0.25) is 0 Å². The minimum Gasteiger partial charge on any atom is -0.458 e. The van der Waals surface area contributed by atoms with E-state index >= 15 is 0 Å². The molecule has 0 spiro atoms. The highest BCUT2D eigenvalue weighted by atomic mass is 16.6. The van der Waals surface area contributed by atoms with Crippen LogP contribution in [0.5, 0.6) is 0 Å². The molecule has 0 aromatic heterocycles. The molecule has 2 heterocycles. The highest BCUT2D eigenvalue weighted by Crippen LogP contribution is 2.42. The molecule has 0 aromatic carbocycles. The van der Waals surface area contributed by atoms with Gasteiger partial charge in [0.2, 0.25) is 0 Å². The number of nitrogens with zero attached hydrogens (tertiary/aromatic N) is 2. The van der Waals surface area contributed by atoms with Crippen LogP contribution < -0.4 is 0 Å². The Balaban J connectivity index is 1.38. The summed E-state index contributed by atoms with van der Waals surface area (Å²) in [7, 11) is 0. The van der Waals surface area contributed by atoms with Crippen LogP contribution in [0.15, 0.2) is 213 Å². The first-order chi connectivity index (χ1) is 41.7. The molecule has 2 saturated heterocycles. The number of rotatable bonds is 31. The van der Waals surface area contributed by atoms with Crippen molar-refractivity contribution in [1.82, 2.24) is 9.80 Å². The van der Waals surface area contributed by atoms with E-state index in [1.807, 2.05) is 62.5 Å². The molecule has 2 aliphatic carbocycles. The summed E-state index contributed by atoms with van der Waals surface area (Å²) in [6.07, 6.45) is 53.2. The maximum atomic E-state index is 13.5. The quantitative estimate of drug-likeness (QED) is 0.0288. The van der Waals surface area contributed by atoms with Crippen LogP contribution in [-0.4, -0.2) is 98.4 Å². The zero-order valence-electron chi connectivity index (χ0n) is 56.6. The van der Waals surface area contributed by atoms with Crippen molar-refractivity contribution in [3.63, 3.8) is 0 Å². The van der Waals surface area contributed by atoms with E-state index in [4.69, 9.17) is 18.9 Å². The SMILES string of the molecule is CC1=C(/C=C/C(C)=C/C=C/C(C)=C/C=C/C=C(C)/C=C/C=C(/C)C(=O)OC[C@H](OC(=O)CCN2CC(C)C2)[C@@H](COC(=O)\C(C)=C/C=C/C(C)=C/C=C/C=C(C)/C=C/C=C(C)/C=C/C2=C(C)CCCC2(C)C)OC(=O)CCN2CC(C)C2)C(C)(C)CCC1. The highest BCUT2D eigenvalue weighted by Gasteiger charge is 2.34. The number of hydrogen-bond donors (Lipinski definition) is 0. The fourth-order valence-corrected chi connectivity index (χ4v) is 11.1. The molecular formula is C78H108N2O8. The predicted octanol–water partition coefficient (Wildman–Crippen LogP) is 17.7. The Kier molecular flexibility index (Phi) is 31.6. The van der Waals surface area contributed by atoms with E-state index in [9.17, 15) is 19.2 Å². The Morgan fingerprint density at radius 3 is 1.06 bits per heavy atom. The van der Waals surface area contributed by atoms with Crippen LogP contribution in [-0.2, 0) is 38.1 Å². The highest BCUT2D eigenvalue weighted by molar-refractivity contribution is 5.88. The molecule has 478 valence electrons. The van der Waals surface area contributed by atoms with Gasteiger partial charge < -0.3 is 28.7 Å². The monoisotopic (exact) mass is 1200 g/mol. The second-order valence-corrected chi connectivity index (χ2v) is 26.4. The molecule has 0 bridgehead atoms. The topological polar surface area (TPSA) is 112 Å². The number of esters is 4. The summed E-state index contributed by atoms with van der Waals surface area (Å²) in [6.45, 7) is 37.4.